The fraction of sp³-hybridized carbons (Fsp3) is 0.231. The van der Waals surface area contributed by atoms with Crippen molar-refractivity contribution in [2.24, 2.45) is 5.84 Å². The van der Waals surface area contributed by atoms with Gasteiger partial charge in [-0.2, -0.15) is 0 Å². The standard InChI is InChI=1S/C13H14N4O4/c1-2-10(13(18)16-14)21-11-6-5-9(17(19)20)12-8(11)4-3-7-15-12/h3-7,10H,2,14H2,1H3,(H,16,18). The highest BCUT2D eigenvalue weighted by atomic mass is 16.6. The highest BCUT2D eigenvalue weighted by molar-refractivity contribution is 5.92. The number of rotatable bonds is 5. The first-order chi connectivity index (χ1) is 10.1. The summed E-state index contributed by atoms with van der Waals surface area (Å²) in [6.45, 7) is 1.77. The van der Waals surface area contributed by atoms with Crippen molar-refractivity contribution in [2.45, 2.75) is 19.4 Å². The molecule has 0 radical (unpaired) electrons. The van der Waals surface area contributed by atoms with E-state index in [0.29, 0.717) is 17.6 Å². The third kappa shape index (κ3) is 2.90. The minimum atomic E-state index is -0.778. The highest BCUT2D eigenvalue weighted by Crippen LogP contribution is 2.32. The smallest absolute Gasteiger partial charge is 0.295 e. The summed E-state index contributed by atoms with van der Waals surface area (Å²) >= 11 is 0. The molecule has 21 heavy (non-hydrogen) atoms. The molecule has 110 valence electrons. The largest absolute Gasteiger partial charge is 0.480 e. The first-order valence-corrected chi connectivity index (χ1v) is 6.27. The number of nitro benzene ring substituents is 1. The molecule has 0 aliphatic rings. The number of nitrogens with one attached hydrogen (secondary N) is 1. The second kappa shape index (κ2) is 6.14. The number of amides is 1. The van der Waals surface area contributed by atoms with Crippen LogP contribution in [0, 0.1) is 10.1 Å². The van der Waals surface area contributed by atoms with Gasteiger partial charge in [-0.3, -0.25) is 20.3 Å². The van der Waals surface area contributed by atoms with Crippen LogP contribution in [0.25, 0.3) is 10.9 Å². The SMILES string of the molecule is CCC(Oc1ccc([N+](=O)[O-])c2ncccc12)C(=O)NN. The average Bonchev–Trinajstić information content (AvgIpc) is 2.51. The lowest BCUT2D eigenvalue weighted by Crippen LogP contribution is -2.41. The molecular formula is C13H14N4O4. The summed E-state index contributed by atoms with van der Waals surface area (Å²) in [5, 5.41) is 11.5. The van der Waals surface area contributed by atoms with E-state index < -0.39 is 16.9 Å². The third-order valence-corrected chi connectivity index (χ3v) is 2.98. The van der Waals surface area contributed by atoms with Crippen molar-refractivity contribution in [2.75, 3.05) is 0 Å². The van der Waals surface area contributed by atoms with Crippen LogP contribution in [0.1, 0.15) is 13.3 Å². The van der Waals surface area contributed by atoms with E-state index in [0.717, 1.165) is 0 Å². The fourth-order valence-corrected chi connectivity index (χ4v) is 1.95. The van der Waals surface area contributed by atoms with E-state index in [-0.39, 0.29) is 11.2 Å². The maximum absolute atomic E-state index is 11.6. The summed E-state index contributed by atoms with van der Waals surface area (Å²) < 4.78 is 5.61. The Labute approximate surface area is 120 Å². The maximum Gasteiger partial charge on any atom is 0.295 e. The van der Waals surface area contributed by atoms with Gasteiger partial charge in [-0.1, -0.05) is 6.92 Å². The molecule has 2 aromatic rings. The number of fused-ring (bicyclic) bond motifs is 1. The molecule has 1 atom stereocenters. The van der Waals surface area contributed by atoms with Crippen molar-refractivity contribution >= 4 is 22.5 Å². The Bertz CT molecular complexity index is 689. The fourth-order valence-electron chi connectivity index (χ4n) is 1.95. The molecule has 2 rings (SSSR count). The van der Waals surface area contributed by atoms with E-state index in [4.69, 9.17) is 10.6 Å². The topological polar surface area (TPSA) is 120 Å². The Balaban J connectivity index is 2.48. The Kier molecular flexibility index (Phi) is 4.29. The Morgan fingerprint density at radius 3 is 2.90 bits per heavy atom. The molecular weight excluding hydrogens is 276 g/mol. The normalized spacial score (nSPS) is 11.9. The van der Waals surface area contributed by atoms with Gasteiger partial charge in [0.2, 0.25) is 0 Å². The molecule has 3 N–H and O–H groups in total. The minimum Gasteiger partial charge on any atom is -0.480 e. The first kappa shape index (κ1) is 14.7. The first-order valence-electron chi connectivity index (χ1n) is 6.27. The summed E-state index contributed by atoms with van der Waals surface area (Å²) in [4.78, 5) is 26.1. The van der Waals surface area contributed by atoms with Crippen LogP contribution in [0.3, 0.4) is 0 Å². The van der Waals surface area contributed by atoms with Crippen molar-refractivity contribution in [1.29, 1.82) is 0 Å². The van der Waals surface area contributed by atoms with Crippen molar-refractivity contribution in [3.05, 3.63) is 40.6 Å². The lowest BCUT2D eigenvalue weighted by atomic mass is 10.1. The summed E-state index contributed by atoms with van der Waals surface area (Å²) in [6.07, 6.45) is 1.09. The summed E-state index contributed by atoms with van der Waals surface area (Å²) in [5.41, 5.74) is 2.12. The van der Waals surface area contributed by atoms with Gasteiger partial charge >= 0.3 is 0 Å². The maximum atomic E-state index is 11.6. The van der Waals surface area contributed by atoms with Crippen LogP contribution in [0.5, 0.6) is 5.75 Å². The van der Waals surface area contributed by atoms with Crippen LogP contribution in [0.4, 0.5) is 5.69 Å². The number of nitrogens with two attached hydrogens (primary N) is 1. The number of non-ortho nitro benzene ring substituents is 1. The second-order valence-corrected chi connectivity index (χ2v) is 4.26. The lowest BCUT2D eigenvalue weighted by Gasteiger charge is -2.16. The number of nitrogens with zero attached hydrogens (tertiary/aromatic N) is 2. The molecule has 1 unspecified atom stereocenters. The average molecular weight is 290 g/mol. The van der Waals surface area contributed by atoms with Crippen molar-refractivity contribution < 1.29 is 14.5 Å². The Hall–Kier alpha value is -2.74. The molecule has 0 bridgehead atoms. The Morgan fingerprint density at radius 2 is 2.29 bits per heavy atom. The third-order valence-electron chi connectivity index (χ3n) is 2.98. The number of benzene rings is 1. The monoisotopic (exact) mass is 290 g/mol. The Morgan fingerprint density at radius 1 is 1.52 bits per heavy atom. The van der Waals surface area contributed by atoms with Crippen LogP contribution >= 0.6 is 0 Å². The zero-order valence-corrected chi connectivity index (χ0v) is 11.3. The molecule has 1 aromatic carbocycles. The highest BCUT2D eigenvalue weighted by Gasteiger charge is 2.21. The van der Waals surface area contributed by atoms with Gasteiger partial charge in [-0.25, -0.2) is 10.8 Å². The molecule has 1 aromatic heterocycles. The van der Waals surface area contributed by atoms with Crippen LogP contribution in [-0.4, -0.2) is 21.9 Å². The van der Waals surface area contributed by atoms with Gasteiger partial charge in [0.15, 0.2) is 11.6 Å². The molecule has 0 fully saturated rings. The van der Waals surface area contributed by atoms with Gasteiger partial charge in [0.25, 0.3) is 11.6 Å². The van der Waals surface area contributed by atoms with Gasteiger partial charge in [0.1, 0.15) is 5.75 Å². The molecule has 8 nitrogen and oxygen atoms in total. The van der Waals surface area contributed by atoms with Gasteiger partial charge in [0.05, 0.1) is 4.92 Å². The van der Waals surface area contributed by atoms with E-state index in [2.05, 4.69) is 4.98 Å². The number of hydrogen-bond acceptors (Lipinski definition) is 6. The molecule has 0 saturated heterocycles. The minimum absolute atomic E-state index is 0.116. The quantitative estimate of drug-likeness (QED) is 0.370. The van der Waals surface area contributed by atoms with Crippen LogP contribution < -0.4 is 16.0 Å². The zero-order chi connectivity index (χ0) is 15.4. The predicted molar refractivity (Wildman–Crippen MR) is 75.4 cm³/mol. The van der Waals surface area contributed by atoms with Crippen LogP contribution in [0.15, 0.2) is 30.5 Å². The number of hydrogen-bond donors (Lipinski definition) is 2. The molecule has 1 amide bonds. The number of carbonyl (C=O) groups is 1. The molecule has 0 spiro atoms. The van der Waals surface area contributed by atoms with Crippen molar-refractivity contribution in [3.63, 3.8) is 0 Å². The lowest BCUT2D eigenvalue weighted by molar-refractivity contribution is -0.383. The van der Waals surface area contributed by atoms with E-state index in [1.54, 1.807) is 19.1 Å². The number of aromatic nitrogens is 1. The van der Waals surface area contributed by atoms with Gasteiger partial charge in [-0.05, 0) is 24.6 Å². The van der Waals surface area contributed by atoms with Gasteiger partial charge < -0.3 is 4.74 Å². The van der Waals surface area contributed by atoms with E-state index in [9.17, 15) is 14.9 Å². The van der Waals surface area contributed by atoms with Crippen molar-refractivity contribution in [3.8, 4) is 5.75 Å². The van der Waals surface area contributed by atoms with Crippen molar-refractivity contribution in [1.82, 2.24) is 10.4 Å². The van der Waals surface area contributed by atoms with E-state index in [1.807, 2.05) is 5.43 Å². The van der Waals surface area contributed by atoms with Gasteiger partial charge in [0, 0.05) is 17.6 Å². The molecule has 0 aliphatic heterocycles. The predicted octanol–water partition coefficient (Wildman–Crippen LogP) is 1.29. The zero-order valence-electron chi connectivity index (χ0n) is 11.3. The summed E-state index contributed by atoms with van der Waals surface area (Å²) in [6, 6.07) is 6.05. The molecule has 0 saturated carbocycles. The van der Waals surface area contributed by atoms with E-state index in [1.165, 1.54) is 18.3 Å². The number of pyridine rings is 1. The number of hydrazine groups is 1. The van der Waals surface area contributed by atoms with Crippen LogP contribution in [-0.2, 0) is 4.79 Å². The number of nitro groups is 1. The second-order valence-electron chi connectivity index (χ2n) is 4.26. The molecule has 0 aliphatic carbocycles. The summed E-state index contributed by atoms with van der Waals surface area (Å²) in [5.74, 6) is 4.98. The van der Waals surface area contributed by atoms with Crippen LogP contribution in [0.2, 0.25) is 0 Å². The molecule has 1 heterocycles. The molecule has 8 heteroatoms. The number of ether oxygens (including phenoxy) is 1. The number of carbonyl (C=O) groups excluding carboxylic acids is 1. The van der Waals surface area contributed by atoms with E-state index >= 15 is 0 Å². The summed E-state index contributed by atoms with van der Waals surface area (Å²) in [7, 11) is 0. The van der Waals surface area contributed by atoms with Gasteiger partial charge in [-0.15, -0.1) is 0 Å².